The lowest BCUT2D eigenvalue weighted by Crippen LogP contribution is -2.49. The van der Waals surface area contributed by atoms with Gasteiger partial charge in [-0.2, -0.15) is 0 Å². The Hall–Kier alpha value is -1.91. The molecule has 1 saturated heterocycles. The molecule has 3 rings (SSSR count). The SMILES string of the molecule is Nc1cccc(Cl)c1N1CCN(C(=O)c2ccccc2Cl)CC1. The number of amides is 1. The first-order valence-corrected chi connectivity index (χ1v) is 8.16. The molecular formula is C17H17Cl2N3O. The van der Waals surface area contributed by atoms with Crippen molar-refractivity contribution in [1.29, 1.82) is 0 Å². The molecule has 0 unspecified atom stereocenters. The maximum atomic E-state index is 12.6. The van der Waals surface area contributed by atoms with Crippen LogP contribution in [0.25, 0.3) is 0 Å². The molecule has 0 bridgehead atoms. The second kappa shape index (κ2) is 6.69. The van der Waals surface area contributed by atoms with Crippen molar-refractivity contribution in [3.8, 4) is 0 Å². The number of carbonyl (C=O) groups is 1. The molecule has 1 amide bonds. The van der Waals surface area contributed by atoms with Gasteiger partial charge in [0.2, 0.25) is 0 Å². The minimum absolute atomic E-state index is 0.0395. The number of rotatable bonds is 2. The number of anilines is 2. The van der Waals surface area contributed by atoms with Crippen molar-refractivity contribution in [3.63, 3.8) is 0 Å². The van der Waals surface area contributed by atoms with Gasteiger partial charge in [0, 0.05) is 26.2 Å². The molecule has 0 spiro atoms. The average molecular weight is 350 g/mol. The van der Waals surface area contributed by atoms with E-state index < -0.39 is 0 Å². The number of carbonyl (C=O) groups excluding carboxylic acids is 1. The van der Waals surface area contributed by atoms with Crippen LogP contribution in [0.3, 0.4) is 0 Å². The molecule has 6 heteroatoms. The first-order valence-electron chi connectivity index (χ1n) is 7.40. The summed E-state index contributed by atoms with van der Waals surface area (Å²) >= 11 is 12.4. The van der Waals surface area contributed by atoms with Crippen LogP contribution in [0, 0.1) is 0 Å². The van der Waals surface area contributed by atoms with Gasteiger partial charge in [-0.25, -0.2) is 0 Å². The predicted octanol–water partition coefficient (Wildman–Crippen LogP) is 3.54. The molecular weight excluding hydrogens is 333 g/mol. The van der Waals surface area contributed by atoms with E-state index in [9.17, 15) is 4.79 Å². The van der Waals surface area contributed by atoms with Crippen LogP contribution in [0.1, 0.15) is 10.4 Å². The molecule has 2 N–H and O–H groups in total. The number of piperazine rings is 1. The van der Waals surface area contributed by atoms with Gasteiger partial charge in [-0.3, -0.25) is 4.79 Å². The van der Waals surface area contributed by atoms with Crippen LogP contribution in [-0.4, -0.2) is 37.0 Å². The van der Waals surface area contributed by atoms with Crippen molar-refractivity contribution >= 4 is 40.5 Å². The maximum Gasteiger partial charge on any atom is 0.255 e. The Morgan fingerprint density at radius 1 is 0.913 bits per heavy atom. The summed E-state index contributed by atoms with van der Waals surface area (Å²) in [6, 6.07) is 12.6. The Labute approximate surface area is 145 Å². The topological polar surface area (TPSA) is 49.6 Å². The van der Waals surface area contributed by atoms with Crippen LogP contribution < -0.4 is 10.6 Å². The Bertz CT molecular complexity index is 707. The van der Waals surface area contributed by atoms with Crippen LogP contribution in [-0.2, 0) is 0 Å². The van der Waals surface area contributed by atoms with E-state index in [2.05, 4.69) is 4.90 Å². The molecule has 0 aromatic heterocycles. The van der Waals surface area contributed by atoms with E-state index in [1.807, 2.05) is 35.2 Å². The molecule has 0 radical (unpaired) electrons. The van der Waals surface area contributed by atoms with Gasteiger partial charge in [-0.05, 0) is 24.3 Å². The molecule has 2 aromatic rings. The third kappa shape index (κ3) is 3.23. The summed E-state index contributed by atoms with van der Waals surface area (Å²) in [5.41, 5.74) is 8.08. The summed E-state index contributed by atoms with van der Waals surface area (Å²) in [5, 5.41) is 1.12. The fourth-order valence-electron chi connectivity index (χ4n) is 2.80. The van der Waals surface area contributed by atoms with Crippen molar-refractivity contribution in [2.24, 2.45) is 0 Å². The summed E-state index contributed by atoms with van der Waals surface area (Å²) in [6.07, 6.45) is 0. The monoisotopic (exact) mass is 349 g/mol. The zero-order valence-electron chi connectivity index (χ0n) is 12.5. The highest BCUT2D eigenvalue weighted by Crippen LogP contribution is 2.32. The van der Waals surface area contributed by atoms with Crippen LogP contribution >= 0.6 is 23.2 Å². The molecule has 1 heterocycles. The number of nitrogens with two attached hydrogens (primary N) is 1. The molecule has 0 aliphatic carbocycles. The zero-order valence-corrected chi connectivity index (χ0v) is 14.0. The smallest absolute Gasteiger partial charge is 0.255 e. The second-order valence-corrected chi connectivity index (χ2v) is 6.25. The summed E-state index contributed by atoms with van der Waals surface area (Å²) in [5.74, 6) is -0.0395. The maximum absolute atomic E-state index is 12.6. The van der Waals surface area contributed by atoms with Crippen LogP contribution in [0.5, 0.6) is 0 Å². The van der Waals surface area contributed by atoms with E-state index >= 15 is 0 Å². The normalized spacial score (nSPS) is 14.9. The first kappa shape index (κ1) is 16.0. The third-order valence-corrected chi connectivity index (χ3v) is 4.64. The first-order chi connectivity index (χ1) is 11.1. The van der Waals surface area contributed by atoms with E-state index in [0.29, 0.717) is 47.5 Å². The van der Waals surface area contributed by atoms with Crippen molar-refractivity contribution in [1.82, 2.24) is 4.90 Å². The summed E-state index contributed by atoms with van der Waals surface area (Å²) in [7, 11) is 0. The Kier molecular flexibility index (Phi) is 4.64. The van der Waals surface area contributed by atoms with Gasteiger partial charge in [0.15, 0.2) is 0 Å². The Morgan fingerprint density at radius 3 is 2.22 bits per heavy atom. The highest BCUT2D eigenvalue weighted by molar-refractivity contribution is 6.34. The van der Waals surface area contributed by atoms with E-state index in [4.69, 9.17) is 28.9 Å². The van der Waals surface area contributed by atoms with Crippen molar-refractivity contribution < 1.29 is 4.79 Å². The molecule has 1 fully saturated rings. The highest BCUT2D eigenvalue weighted by Gasteiger charge is 2.25. The van der Waals surface area contributed by atoms with Crippen molar-refractivity contribution in [3.05, 3.63) is 58.1 Å². The van der Waals surface area contributed by atoms with Gasteiger partial charge >= 0.3 is 0 Å². The number of benzene rings is 2. The predicted molar refractivity (Wildman–Crippen MR) is 95.4 cm³/mol. The number of halogens is 2. The fraction of sp³-hybridized carbons (Fsp3) is 0.235. The standard InChI is InChI=1S/C17H17Cl2N3O/c18-13-5-2-1-4-12(13)17(23)22-10-8-21(9-11-22)16-14(19)6-3-7-15(16)20/h1-7H,8-11,20H2. The number of hydrogen-bond acceptors (Lipinski definition) is 3. The third-order valence-electron chi connectivity index (χ3n) is 4.01. The Morgan fingerprint density at radius 2 is 1.57 bits per heavy atom. The molecule has 0 saturated carbocycles. The lowest BCUT2D eigenvalue weighted by atomic mass is 10.1. The number of nitrogens with zero attached hydrogens (tertiary/aromatic N) is 2. The number of para-hydroxylation sites is 1. The lowest BCUT2D eigenvalue weighted by molar-refractivity contribution is 0.0747. The number of hydrogen-bond donors (Lipinski definition) is 1. The Balaban J connectivity index is 1.72. The van der Waals surface area contributed by atoms with Crippen LogP contribution in [0.4, 0.5) is 11.4 Å². The van der Waals surface area contributed by atoms with Gasteiger partial charge in [0.25, 0.3) is 5.91 Å². The molecule has 23 heavy (non-hydrogen) atoms. The van der Waals surface area contributed by atoms with E-state index in [1.165, 1.54) is 0 Å². The lowest BCUT2D eigenvalue weighted by Gasteiger charge is -2.37. The summed E-state index contributed by atoms with van der Waals surface area (Å²) < 4.78 is 0. The van der Waals surface area contributed by atoms with E-state index in [1.54, 1.807) is 12.1 Å². The van der Waals surface area contributed by atoms with Crippen molar-refractivity contribution in [2.45, 2.75) is 0 Å². The minimum Gasteiger partial charge on any atom is -0.397 e. The molecule has 1 aliphatic heterocycles. The van der Waals surface area contributed by atoms with E-state index in [0.717, 1.165) is 5.69 Å². The quantitative estimate of drug-likeness (QED) is 0.843. The number of nitrogen functional groups attached to an aromatic ring is 1. The van der Waals surface area contributed by atoms with Gasteiger partial charge < -0.3 is 15.5 Å². The highest BCUT2D eigenvalue weighted by atomic mass is 35.5. The van der Waals surface area contributed by atoms with Gasteiger partial charge in [-0.15, -0.1) is 0 Å². The molecule has 1 aliphatic rings. The zero-order chi connectivity index (χ0) is 16.4. The van der Waals surface area contributed by atoms with Crippen molar-refractivity contribution in [2.75, 3.05) is 36.8 Å². The fourth-order valence-corrected chi connectivity index (χ4v) is 3.32. The molecule has 0 atom stereocenters. The largest absolute Gasteiger partial charge is 0.397 e. The van der Waals surface area contributed by atoms with Crippen LogP contribution in [0.2, 0.25) is 10.0 Å². The van der Waals surface area contributed by atoms with Gasteiger partial charge in [-0.1, -0.05) is 41.4 Å². The van der Waals surface area contributed by atoms with E-state index in [-0.39, 0.29) is 5.91 Å². The van der Waals surface area contributed by atoms with Crippen LogP contribution in [0.15, 0.2) is 42.5 Å². The van der Waals surface area contributed by atoms with Gasteiger partial charge in [0.05, 0.1) is 27.0 Å². The summed E-state index contributed by atoms with van der Waals surface area (Å²) in [6.45, 7) is 2.58. The molecule has 2 aromatic carbocycles. The van der Waals surface area contributed by atoms with Gasteiger partial charge in [0.1, 0.15) is 0 Å². The molecule has 4 nitrogen and oxygen atoms in total. The average Bonchev–Trinajstić information content (AvgIpc) is 2.55. The second-order valence-electron chi connectivity index (χ2n) is 5.44. The summed E-state index contributed by atoms with van der Waals surface area (Å²) in [4.78, 5) is 16.5. The minimum atomic E-state index is -0.0395. The molecule has 120 valence electrons.